The van der Waals surface area contributed by atoms with Crippen LogP contribution >= 0.6 is 11.3 Å². The van der Waals surface area contributed by atoms with Crippen molar-refractivity contribution in [3.05, 3.63) is 51.2 Å². The number of nitrogens with one attached hydrogen (secondary N) is 2. The first-order chi connectivity index (χ1) is 13.2. The van der Waals surface area contributed by atoms with Gasteiger partial charge in [0.25, 0.3) is 5.91 Å². The van der Waals surface area contributed by atoms with Gasteiger partial charge in [0.1, 0.15) is 0 Å². The summed E-state index contributed by atoms with van der Waals surface area (Å²) in [5, 5.41) is 7.99. The largest absolute Gasteiger partial charge is 0.348 e. The predicted molar refractivity (Wildman–Crippen MR) is 108 cm³/mol. The fourth-order valence-electron chi connectivity index (χ4n) is 3.84. The third-order valence-corrected chi connectivity index (χ3v) is 6.42. The maximum Gasteiger partial charge on any atom is 0.321 e. The van der Waals surface area contributed by atoms with Crippen LogP contribution in [-0.2, 0) is 19.4 Å². The molecule has 0 radical (unpaired) electrons. The van der Waals surface area contributed by atoms with E-state index >= 15 is 0 Å². The molecule has 3 amide bonds. The first kappa shape index (κ1) is 18.0. The number of anilines is 1. The van der Waals surface area contributed by atoms with E-state index in [4.69, 9.17) is 0 Å². The molecule has 0 bridgehead atoms. The highest BCUT2D eigenvalue weighted by Crippen LogP contribution is 2.30. The smallest absolute Gasteiger partial charge is 0.321 e. The molecule has 1 fully saturated rings. The number of thiophene rings is 1. The molecule has 1 aromatic carbocycles. The molecule has 5 nitrogen and oxygen atoms in total. The van der Waals surface area contributed by atoms with Crippen molar-refractivity contribution in [1.82, 2.24) is 10.2 Å². The van der Waals surface area contributed by atoms with Crippen LogP contribution in [-0.4, -0.2) is 29.9 Å². The number of rotatable bonds is 4. The molecule has 0 spiro atoms. The Kier molecular flexibility index (Phi) is 5.43. The van der Waals surface area contributed by atoms with Crippen LogP contribution in [0.3, 0.4) is 0 Å². The summed E-state index contributed by atoms with van der Waals surface area (Å²) in [5.74, 6) is 0.000838. The predicted octanol–water partition coefficient (Wildman–Crippen LogP) is 4.18. The van der Waals surface area contributed by atoms with Crippen LogP contribution < -0.4 is 10.6 Å². The third-order valence-electron chi connectivity index (χ3n) is 5.33. The van der Waals surface area contributed by atoms with Gasteiger partial charge in [0.2, 0.25) is 0 Å². The number of nitrogens with zero attached hydrogens (tertiary/aromatic N) is 1. The van der Waals surface area contributed by atoms with Gasteiger partial charge in [0.05, 0.1) is 5.56 Å². The molecule has 1 aromatic heterocycles. The SMILES string of the molecule is O=C(NCc1cccc(NC(=O)N2CCCC2)c1)c1csc2c1CCCC2. The first-order valence-corrected chi connectivity index (χ1v) is 10.6. The van der Waals surface area contributed by atoms with Gasteiger partial charge in [-0.15, -0.1) is 11.3 Å². The summed E-state index contributed by atoms with van der Waals surface area (Å²) in [4.78, 5) is 28.1. The van der Waals surface area contributed by atoms with Gasteiger partial charge in [-0.25, -0.2) is 4.79 Å². The molecule has 142 valence electrons. The fourth-order valence-corrected chi connectivity index (χ4v) is 4.97. The number of carbonyl (C=O) groups excluding carboxylic acids is 2. The van der Waals surface area contributed by atoms with Gasteiger partial charge in [-0.2, -0.15) is 0 Å². The molecule has 1 aliphatic carbocycles. The van der Waals surface area contributed by atoms with Crippen LogP contribution in [0.15, 0.2) is 29.6 Å². The summed E-state index contributed by atoms with van der Waals surface area (Å²) >= 11 is 1.71. The van der Waals surface area contributed by atoms with Crippen LogP contribution in [0.2, 0.25) is 0 Å². The monoisotopic (exact) mass is 383 g/mol. The molecule has 0 unspecified atom stereocenters. The first-order valence-electron chi connectivity index (χ1n) is 9.73. The van der Waals surface area contributed by atoms with Crippen molar-refractivity contribution in [2.24, 2.45) is 0 Å². The van der Waals surface area contributed by atoms with Crippen LogP contribution in [0.4, 0.5) is 10.5 Å². The Labute approximate surface area is 163 Å². The van der Waals surface area contributed by atoms with E-state index in [9.17, 15) is 9.59 Å². The maximum absolute atomic E-state index is 12.6. The van der Waals surface area contributed by atoms with Crippen LogP contribution in [0.1, 0.15) is 52.0 Å². The summed E-state index contributed by atoms with van der Waals surface area (Å²) < 4.78 is 0. The van der Waals surface area contributed by atoms with Gasteiger partial charge >= 0.3 is 6.03 Å². The Bertz CT molecular complexity index is 840. The van der Waals surface area contributed by atoms with Crippen molar-refractivity contribution >= 4 is 29.0 Å². The summed E-state index contributed by atoms with van der Waals surface area (Å²) in [6.07, 6.45) is 6.66. The van der Waals surface area contributed by atoms with E-state index < -0.39 is 0 Å². The van der Waals surface area contributed by atoms with E-state index in [0.29, 0.717) is 6.54 Å². The second-order valence-electron chi connectivity index (χ2n) is 7.27. The third kappa shape index (κ3) is 4.16. The quantitative estimate of drug-likeness (QED) is 0.832. The van der Waals surface area contributed by atoms with Crippen LogP contribution in [0, 0.1) is 0 Å². The molecule has 27 heavy (non-hydrogen) atoms. The molecule has 2 heterocycles. The molecule has 4 rings (SSSR count). The Balaban J connectivity index is 1.36. The molecule has 1 saturated heterocycles. The molecule has 0 atom stereocenters. The lowest BCUT2D eigenvalue weighted by atomic mass is 9.95. The van der Waals surface area contributed by atoms with Crippen molar-refractivity contribution in [2.45, 2.75) is 45.1 Å². The van der Waals surface area contributed by atoms with E-state index in [1.54, 1.807) is 11.3 Å². The Morgan fingerprint density at radius 2 is 1.89 bits per heavy atom. The van der Waals surface area contributed by atoms with E-state index in [2.05, 4.69) is 10.6 Å². The number of aryl methyl sites for hydroxylation is 1. The number of urea groups is 1. The zero-order chi connectivity index (χ0) is 18.6. The lowest BCUT2D eigenvalue weighted by Gasteiger charge is -2.16. The topological polar surface area (TPSA) is 61.4 Å². The molecule has 0 saturated carbocycles. The highest BCUT2D eigenvalue weighted by atomic mass is 32.1. The van der Waals surface area contributed by atoms with Gasteiger partial charge in [0, 0.05) is 35.6 Å². The zero-order valence-corrected chi connectivity index (χ0v) is 16.2. The fraction of sp³-hybridized carbons (Fsp3) is 0.429. The average Bonchev–Trinajstić information content (AvgIpc) is 3.36. The van der Waals surface area contributed by atoms with Gasteiger partial charge < -0.3 is 15.5 Å². The maximum atomic E-state index is 12.6. The summed E-state index contributed by atoms with van der Waals surface area (Å²) in [7, 11) is 0. The minimum atomic E-state index is -0.0430. The van der Waals surface area contributed by atoms with Crippen LogP contribution in [0.25, 0.3) is 0 Å². The van der Waals surface area contributed by atoms with E-state index in [1.165, 1.54) is 23.3 Å². The van der Waals surface area contributed by atoms with Gasteiger partial charge in [-0.3, -0.25) is 4.79 Å². The lowest BCUT2D eigenvalue weighted by molar-refractivity contribution is 0.0950. The number of likely N-dealkylation sites (tertiary alicyclic amines) is 1. The second kappa shape index (κ2) is 8.13. The number of hydrogen-bond acceptors (Lipinski definition) is 3. The summed E-state index contributed by atoms with van der Waals surface area (Å²) in [6, 6.07) is 7.65. The molecule has 2 aliphatic rings. The minimum Gasteiger partial charge on any atom is -0.348 e. The van der Waals surface area contributed by atoms with Gasteiger partial charge in [-0.05, 0) is 61.8 Å². The Hall–Kier alpha value is -2.34. The Morgan fingerprint density at radius 1 is 1.07 bits per heavy atom. The molecule has 2 aromatic rings. The van der Waals surface area contributed by atoms with Crippen molar-refractivity contribution < 1.29 is 9.59 Å². The summed E-state index contributed by atoms with van der Waals surface area (Å²) in [5.41, 5.74) is 3.83. The standard InChI is InChI=1S/C21H25N3O2S/c25-20(18-14-27-19-9-2-1-8-17(18)19)22-13-15-6-5-7-16(12-15)23-21(26)24-10-3-4-11-24/h5-7,12,14H,1-4,8-11,13H2,(H,22,25)(H,23,26). The number of carbonyl (C=O) groups is 2. The number of hydrogen-bond donors (Lipinski definition) is 2. The molecular formula is C21H25N3O2S. The van der Waals surface area contributed by atoms with Gasteiger partial charge in [-0.1, -0.05) is 12.1 Å². The number of benzene rings is 1. The number of fused-ring (bicyclic) bond motifs is 1. The van der Waals surface area contributed by atoms with E-state index in [1.807, 2.05) is 34.5 Å². The average molecular weight is 384 g/mol. The van der Waals surface area contributed by atoms with E-state index in [0.717, 1.165) is 55.6 Å². The molecular weight excluding hydrogens is 358 g/mol. The van der Waals surface area contributed by atoms with Crippen molar-refractivity contribution in [3.63, 3.8) is 0 Å². The minimum absolute atomic E-state index is 0.000838. The zero-order valence-electron chi connectivity index (χ0n) is 15.4. The van der Waals surface area contributed by atoms with Crippen LogP contribution in [0.5, 0.6) is 0 Å². The molecule has 1 aliphatic heterocycles. The lowest BCUT2D eigenvalue weighted by Crippen LogP contribution is -2.32. The van der Waals surface area contributed by atoms with E-state index in [-0.39, 0.29) is 11.9 Å². The number of amides is 3. The normalized spacial score (nSPS) is 16.1. The van der Waals surface area contributed by atoms with Crippen molar-refractivity contribution in [1.29, 1.82) is 0 Å². The summed E-state index contributed by atoms with van der Waals surface area (Å²) in [6.45, 7) is 2.11. The molecule has 6 heteroatoms. The molecule has 2 N–H and O–H groups in total. The Morgan fingerprint density at radius 3 is 2.74 bits per heavy atom. The highest BCUT2D eigenvalue weighted by molar-refractivity contribution is 7.10. The van der Waals surface area contributed by atoms with Crippen molar-refractivity contribution in [2.75, 3.05) is 18.4 Å². The van der Waals surface area contributed by atoms with Crippen molar-refractivity contribution in [3.8, 4) is 0 Å². The van der Waals surface area contributed by atoms with Gasteiger partial charge in [0.15, 0.2) is 0 Å². The second-order valence-corrected chi connectivity index (χ2v) is 8.23. The highest BCUT2D eigenvalue weighted by Gasteiger charge is 2.20.